The van der Waals surface area contributed by atoms with Gasteiger partial charge in [-0.25, -0.2) is 0 Å². The second kappa shape index (κ2) is 9.80. The molecule has 0 fully saturated rings. The van der Waals surface area contributed by atoms with Crippen molar-refractivity contribution in [2.24, 2.45) is 5.73 Å². The summed E-state index contributed by atoms with van der Waals surface area (Å²) in [5.41, 5.74) is 5.71. The van der Waals surface area contributed by atoms with Gasteiger partial charge in [0.1, 0.15) is 5.75 Å². The van der Waals surface area contributed by atoms with Crippen molar-refractivity contribution in [2.75, 3.05) is 11.9 Å². The summed E-state index contributed by atoms with van der Waals surface area (Å²) in [6, 6.07) is 6.87. The Bertz CT molecular complexity index is 443. The van der Waals surface area contributed by atoms with Gasteiger partial charge in [0.2, 0.25) is 5.91 Å². The molecule has 1 aromatic rings. The number of unbranched alkanes of at least 4 members (excludes halogenated alkanes) is 4. The van der Waals surface area contributed by atoms with Gasteiger partial charge in [0, 0.05) is 12.1 Å². The summed E-state index contributed by atoms with van der Waals surface area (Å²) in [5, 5.41) is 2.84. The van der Waals surface area contributed by atoms with E-state index in [9.17, 15) is 9.59 Å². The molecule has 5 heteroatoms. The summed E-state index contributed by atoms with van der Waals surface area (Å²) in [6.45, 7) is 2.02. The number of benzene rings is 1. The minimum absolute atomic E-state index is 0.0253. The number of amides is 2. The molecule has 1 aromatic carbocycles. The van der Waals surface area contributed by atoms with Crippen molar-refractivity contribution in [2.45, 2.75) is 45.4 Å². The fraction of sp³-hybridized carbons (Fsp3) is 0.500. The van der Waals surface area contributed by atoms with Gasteiger partial charge in [0.25, 0.3) is 5.91 Å². The Morgan fingerprint density at radius 2 is 1.76 bits per heavy atom. The van der Waals surface area contributed by atoms with Crippen LogP contribution in [0.1, 0.15) is 45.4 Å². The van der Waals surface area contributed by atoms with Crippen molar-refractivity contribution < 1.29 is 14.3 Å². The largest absolute Gasteiger partial charge is 0.484 e. The third-order valence-electron chi connectivity index (χ3n) is 3.03. The van der Waals surface area contributed by atoms with Gasteiger partial charge in [-0.15, -0.1) is 0 Å². The number of hydrogen-bond donors (Lipinski definition) is 2. The SMILES string of the molecule is CCCCCCCC(=O)Nc1ccc(OCC(N)=O)cc1. The summed E-state index contributed by atoms with van der Waals surface area (Å²) in [5.74, 6) is 0.0547. The van der Waals surface area contributed by atoms with Crippen LogP contribution in [-0.2, 0) is 9.59 Å². The molecule has 1 rings (SSSR count). The van der Waals surface area contributed by atoms with Crippen LogP contribution in [0, 0.1) is 0 Å². The van der Waals surface area contributed by atoms with Crippen LogP contribution in [0.4, 0.5) is 5.69 Å². The first kappa shape index (κ1) is 17.0. The third kappa shape index (κ3) is 7.97. The molecule has 0 saturated heterocycles. The van der Waals surface area contributed by atoms with Gasteiger partial charge in [-0.3, -0.25) is 9.59 Å². The van der Waals surface area contributed by atoms with Crippen LogP contribution in [0.15, 0.2) is 24.3 Å². The van der Waals surface area contributed by atoms with E-state index in [-0.39, 0.29) is 12.5 Å². The zero-order valence-corrected chi connectivity index (χ0v) is 12.6. The second-order valence-electron chi connectivity index (χ2n) is 4.99. The number of nitrogens with one attached hydrogen (secondary N) is 1. The fourth-order valence-electron chi connectivity index (χ4n) is 1.90. The first-order valence-corrected chi connectivity index (χ1v) is 7.43. The summed E-state index contributed by atoms with van der Waals surface area (Å²) in [6.07, 6.45) is 6.19. The van der Waals surface area contributed by atoms with Gasteiger partial charge in [-0.2, -0.15) is 0 Å². The minimum atomic E-state index is -0.518. The molecule has 0 bridgehead atoms. The van der Waals surface area contributed by atoms with Gasteiger partial charge in [-0.05, 0) is 30.7 Å². The number of primary amides is 1. The molecule has 116 valence electrons. The quantitative estimate of drug-likeness (QED) is 0.651. The Labute approximate surface area is 125 Å². The maximum absolute atomic E-state index is 11.7. The lowest BCUT2D eigenvalue weighted by molar-refractivity contribution is -0.120. The Morgan fingerprint density at radius 3 is 2.38 bits per heavy atom. The van der Waals surface area contributed by atoms with Crippen LogP contribution in [0.2, 0.25) is 0 Å². The molecule has 0 unspecified atom stereocenters. The van der Waals surface area contributed by atoms with Gasteiger partial charge in [0.05, 0.1) is 0 Å². The van der Waals surface area contributed by atoms with Crippen molar-refractivity contribution in [3.05, 3.63) is 24.3 Å². The van der Waals surface area contributed by atoms with Crippen LogP contribution >= 0.6 is 0 Å². The van der Waals surface area contributed by atoms with Crippen molar-refractivity contribution in [1.82, 2.24) is 0 Å². The van der Waals surface area contributed by atoms with E-state index >= 15 is 0 Å². The number of carbonyl (C=O) groups excluding carboxylic acids is 2. The highest BCUT2D eigenvalue weighted by atomic mass is 16.5. The zero-order chi connectivity index (χ0) is 15.5. The summed E-state index contributed by atoms with van der Waals surface area (Å²) >= 11 is 0. The fourth-order valence-corrected chi connectivity index (χ4v) is 1.90. The van der Waals surface area contributed by atoms with E-state index in [1.54, 1.807) is 24.3 Å². The van der Waals surface area contributed by atoms with E-state index in [1.165, 1.54) is 19.3 Å². The van der Waals surface area contributed by atoms with E-state index in [1.807, 2.05) is 0 Å². The maximum atomic E-state index is 11.7. The Balaban J connectivity index is 2.27. The first-order chi connectivity index (χ1) is 10.1. The van der Waals surface area contributed by atoms with Crippen molar-refractivity contribution in [3.8, 4) is 5.75 Å². The molecule has 21 heavy (non-hydrogen) atoms. The van der Waals surface area contributed by atoms with Crippen molar-refractivity contribution in [1.29, 1.82) is 0 Å². The number of rotatable bonds is 10. The Morgan fingerprint density at radius 1 is 1.10 bits per heavy atom. The van der Waals surface area contributed by atoms with E-state index in [2.05, 4.69) is 12.2 Å². The van der Waals surface area contributed by atoms with Crippen molar-refractivity contribution in [3.63, 3.8) is 0 Å². The molecule has 0 aliphatic carbocycles. The van der Waals surface area contributed by atoms with Crippen LogP contribution < -0.4 is 15.8 Å². The molecule has 0 spiro atoms. The van der Waals surface area contributed by atoms with Gasteiger partial charge in [0.15, 0.2) is 6.61 Å². The molecule has 5 nitrogen and oxygen atoms in total. The second-order valence-corrected chi connectivity index (χ2v) is 4.99. The number of carbonyl (C=O) groups is 2. The molecule has 0 aromatic heterocycles. The van der Waals surface area contributed by atoms with E-state index in [4.69, 9.17) is 10.5 Å². The normalized spacial score (nSPS) is 10.1. The minimum Gasteiger partial charge on any atom is -0.484 e. The molecular formula is C16H24N2O3. The Kier molecular flexibility index (Phi) is 7.94. The lowest BCUT2D eigenvalue weighted by Gasteiger charge is -2.07. The highest BCUT2D eigenvalue weighted by Gasteiger charge is 2.03. The Hall–Kier alpha value is -2.04. The van der Waals surface area contributed by atoms with E-state index < -0.39 is 5.91 Å². The lowest BCUT2D eigenvalue weighted by Crippen LogP contribution is -2.20. The van der Waals surface area contributed by atoms with Crippen LogP contribution in [0.5, 0.6) is 5.75 Å². The van der Waals surface area contributed by atoms with Gasteiger partial charge >= 0.3 is 0 Å². The summed E-state index contributed by atoms with van der Waals surface area (Å²) < 4.78 is 5.14. The van der Waals surface area contributed by atoms with Crippen LogP contribution in [-0.4, -0.2) is 18.4 Å². The number of ether oxygens (including phenoxy) is 1. The summed E-state index contributed by atoms with van der Waals surface area (Å²) in [7, 11) is 0. The molecule has 0 heterocycles. The van der Waals surface area contributed by atoms with Crippen molar-refractivity contribution >= 4 is 17.5 Å². The highest BCUT2D eigenvalue weighted by molar-refractivity contribution is 5.90. The van der Waals surface area contributed by atoms with Gasteiger partial charge < -0.3 is 15.8 Å². The third-order valence-corrected chi connectivity index (χ3v) is 3.03. The maximum Gasteiger partial charge on any atom is 0.255 e. The molecule has 0 aliphatic heterocycles. The molecule has 3 N–H and O–H groups in total. The van der Waals surface area contributed by atoms with Gasteiger partial charge in [-0.1, -0.05) is 32.6 Å². The number of nitrogens with two attached hydrogens (primary N) is 1. The molecule has 0 radical (unpaired) electrons. The van der Waals surface area contributed by atoms with E-state index in [0.717, 1.165) is 18.5 Å². The topological polar surface area (TPSA) is 81.4 Å². The molecule has 0 atom stereocenters. The molecular weight excluding hydrogens is 268 g/mol. The van der Waals surface area contributed by atoms with Crippen LogP contribution in [0.3, 0.4) is 0 Å². The summed E-state index contributed by atoms with van der Waals surface area (Å²) in [4.78, 5) is 22.3. The average Bonchev–Trinajstić information content (AvgIpc) is 2.46. The molecule has 2 amide bonds. The number of hydrogen-bond acceptors (Lipinski definition) is 3. The monoisotopic (exact) mass is 292 g/mol. The first-order valence-electron chi connectivity index (χ1n) is 7.43. The molecule has 0 saturated carbocycles. The average molecular weight is 292 g/mol. The number of anilines is 1. The lowest BCUT2D eigenvalue weighted by atomic mass is 10.1. The molecule has 0 aliphatic rings. The predicted octanol–water partition coefficient (Wildman–Crippen LogP) is 2.85. The van der Waals surface area contributed by atoms with E-state index in [0.29, 0.717) is 12.2 Å². The highest BCUT2D eigenvalue weighted by Crippen LogP contribution is 2.16. The standard InChI is InChI=1S/C16H24N2O3/c1-2-3-4-5-6-7-16(20)18-13-8-10-14(11-9-13)21-12-15(17)19/h8-11H,2-7,12H2,1H3,(H2,17,19)(H,18,20). The predicted molar refractivity (Wildman–Crippen MR) is 83.1 cm³/mol. The zero-order valence-electron chi connectivity index (χ0n) is 12.6. The van der Waals surface area contributed by atoms with Crippen LogP contribution in [0.25, 0.3) is 0 Å². The smallest absolute Gasteiger partial charge is 0.255 e.